The summed E-state index contributed by atoms with van der Waals surface area (Å²) in [7, 11) is -2.17. The highest BCUT2D eigenvalue weighted by molar-refractivity contribution is 7.93. The van der Waals surface area contributed by atoms with E-state index in [1.807, 2.05) is 47.8 Å². The molecule has 0 aliphatic heterocycles. The highest BCUT2D eigenvalue weighted by Crippen LogP contribution is 2.31. The minimum atomic E-state index is -3.71. The molecule has 1 N–H and O–H groups in total. The summed E-state index contributed by atoms with van der Waals surface area (Å²) in [6.07, 6.45) is 0. The Bertz CT molecular complexity index is 1190. The highest BCUT2D eigenvalue weighted by atomic mass is 32.2. The summed E-state index contributed by atoms with van der Waals surface area (Å²) < 4.78 is 32.8. The molecule has 4 aromatic rings. The van der Waals surface area contributed by atoms with Crippen molar-refractivity contribution in [2.75, 3.05) is 11.8 Å². The van der Waals surface area contributed by atoms with E-state index in [0.717, 1.165) is 22.0 Å². The molecule has 0 aliphatic carbocycles. The van der Waals surface area contributed by atoms with E-state index in [0.29, 0.717) is 10.9 Å². The molecule has 0 atom stereocenters. The molecule has 1 heterocycles. The zero-order valence-corrected chi connectivity index (χ0v) is 16.0. The largest absolute Gasteiger partial charge is 0.497 e. The summed E-state index contributed by atoms with van der Waals surface area (Å²) in [4.78, 5) is 4.64. The molecule has 0 radical (unpaired) electrons. The summed E-state index contributed by atoms with van der Waals surface area (Å²) in [6.45, 7) is 0. The molecule has 0 amide bonds. The van der Waals surface area contributed by atoms with E-state index in [1.54, 1.807) is 12.1 Å². The minimum Gasteiger partial charge on any atom is -0.497 e. The van der Waals surface area contributed by atoms with Gasteiger partial charge in [-0.15, -0.1) is 11.3 Å². The molecule has 0 saturated heterocycles. The summed E-state index contributed by atoms with van der Waals surface area (Å²) in [6, 6.07) is 20.3. The lowest BCUT2D eigenvalue weighted by Gasteiger charge is -2.06. The normalized spacial score (nSPS) is 11.4. The maximum absolute atomic E-state index is 12.6. The van der Waals surface area contributed by atoms with Crippen molar-refractivity contribution in [3.8, 4) is 17.0 Å². The van der Waals surface area contributed by atoms with E-state index >= 15 is 0 Å². The molecule has 0 fully saturated rings. The second kappa shape index (κ2) is 7.02. The number of benzene rings is 3. The molecular weight excluding hydrogens is 380 g/mol. The predicted molar refractivity (Wildman–Crippen MR) is 109 cm³/mol. The van der Waals surface area contributed by atoms with Crippen LogP contribution in [0, 0.1) is 0 Å². The Hall–Kier alpha value is -2.90. The standard InChI is InChI=1S/C20H16N2O3S2/c1-25-15-9-11-16(12-10-15)27(23,24)22-20-21-19(13-26-20)18-8-4-6-14-5-2-3-7-17(14)18/h2-13H,1H3,(H,21,22). The van der Waals surface area contributed by atoms with Gasteiger partial charge in [-0.05, 0) is 35.0 Å². The first-order valence-corrected chi connectivity index (χ1v) is 10.5. The van der Waals surface area contributed by atoms with Gasteiger partial charge in [-0.3, -0.25) is 4.72 Å². The van der Waals surface area contributed by atoms with Crippen LogP contribution in [0.1, 0.15) is 0 Å². The number of ether oxygens (including phenoxy) is 1. The Kier molecular flexibility index (Phi) is 4.55. The lowest BCUT2D eigenvalue weighted by Crippen LogP contribution is -2.12. The average molecular weight is 396 g/mol. The molecule has 1 aromatic heterocycles. The molecule has 27 heavy (non-hydrogen) atoms. The van der Waals surface area contributed by atoms with Crippen molar-refractivity contribution in [1.82, 2.24) is 4.98 Å². The fourth-order valence-electron chi connectivity index (χ4n) is 2.82. The summed E-state index contributed by atoms with van der Waals surface area (Å²) >= 11 is 1.26. The number of methoxy groups -OCH3 is 1. The average Bonchev–Trinajstić information content (AvgIpc) is 3.15. The maximum atomic E-state index is 12.6. The van der Waals surface area contributed by atoms with E-state index in [4.69, 9.17) is 4.74 Å². The van der Waals surface area contributed by atoms with Gasteiger partial charge < -0.3 is 4.74 Å². The third kappa shape index (κ3) is 3.51. The van der Waals surface area contributed by atoms with Crippen molar-refractivity contribution in [3.63, 3.8) is 0 Å². The number of hydrogen-bond donors (Lipinski definition) is 1. The Labute approximate surface area is 161 Å². The molecule has 3 aromatic carbocycles. The van der Waals surface area contributed by atoms with Crippen molar-refractivity contribution in [2.24, 2.45) is 0 Å². The monoisotopic (exact) mass is 396 g/mol. The van der Waals surface area contributed by atoms with Crippen molar-refractivity contribution >= 4 is 37.3 Å². The minimum absolute atomic E-state index is 0.158. The number of thiazole rings is 1. The molecular formula is C20H16N2O3S2. The Morgan fingerprint density at radius 3 is 2.48 bits per heavy atom. The van der Waals surface area contributed by atoms with Gasteiger partial charge in [-0.1, -0.05) is 42.5 Å². The van der Waals surface area contributed by atoms with Crippen LogP contribution in [0.3, 0.4) is 0 Å². The van der Waals surface area contributed by atoms with Gasteiger partial charge in [0, 0.05) is 10.9 Å². The van der Waals surface area contributed by atoms with Gasteiger partial charge in [0.2, 0.25) is 0 Å². The maximum Gasteiger partial charge on any atom is 0.263 e. The third-order valence-electron chi connectivity index (χ3n) is 4.16. The zero-order chi connectivity index (χ0) is 18.9. The zero-order valence-electron chi connectivity index (χ0n) is 14.4. The highest BCUT2D eigenvalue weighted by Gasteiger charge is 2.17. The van der Waals surface area contributed by atoms with E-state index in [-0.39, 0.29) is 4.90 Å². The Morgan fingerprint density at radius 1 is 0.963 bits per heavy atom. The molecule has 0 spiro atoms. The van der Waals surface area contributed by atoms with Crippen LogP contribution in [0.25, 0.3) is 22.0 Å². The summed E-state index contributed by atoms with van der Waals surface area (Å²) in [5, 5.41) is 4.38. The molecule has 4 rings (SSSR count). The molecule has 136 valence electrons. The Morgan fingerprint density at radius 2 is 1.70 bits per heavy atom. The van der Waals surface area contributed by atoms with Gasteiger partial charge in [-0.25, -0.2) is 13.4 Å². The lowest BCUT2D eigenvalue weighted by molar-refractivity contribution is 0.414. The van der Waals surface area contributed by atoms with Crippen LogP contribution < -0.4 is 9.46 Å². The van der Waals surface area contributed by atoms with Crippen molar-refractivity contribution in [1.29, 1.82) is 0 Å². The molecule has 0 bridgehead atoms. The van der Waals surface area contributed by atoms with Crippen molar-refractivity contribution < 1.29 is 13.2 Å². The van der Waals surface area contributed by atoms with Gasteiger partial charge in [0.1, 0.15) is 5.75 Å². The first-order chi connectivity index (χ1) is 13.1. The van der Waals surface area contributed by atoms with Crippen LogP contribution in [-0.4, -0.2) is 20.5 Å². The number of aromatic nitrogens is 1. The van der Waals surface area contributed by atoms with E-state index in [2.05, 4.69) is 9.71 Å². The summed E-state index contributed by atoms with van der Waals surface area (Å²) in [5.41, 5.74) is 1.71. The van der Waals surface area contributed by atoms with Gasteiger partial charge >= 0.3 is 0 Å². The van der Waals surface area contributed by atoms with Gasteiger partial charge in [-0.2, -0.15) is 0 Å². The molecule has 0 aliphatic rings. The first kappa shape index (κ1) is 17.5. The molecule has 5 nitrogen and oxygen atoms in total. The van der Waals surface area contributed by atoms with Crippen molar-refractivity contribution in [3.05, 3.63) is 72.1 Å². The van der Waals surface area contributed by atoms with E-state index in [1.165, 1.54) is 30.6 Å². The molecule has 7 heteroatoms. The number of fused-ring (bicyclic) bond motifs is 1. The quantitative estimate of drug-likeness (QED) is 0.527. The van der Waals surface area contributed by atoms with Crippen LogP contribution >= 0.6 is 11.3 Å². The fraction of sp³-hybridized carbons (Fsp3) is 0.0500. The SMILES string of the molecule is COc1ccc(S(=O)(=O)Nc2nc(-c3cccc4ccccc34)cs2)cc1. The van der Waals surface area contributed by atoms with Crippen molar-refractivity contribution in [2.45, 2.75) is 4.90 Å². The summed E-state index contributed by atoms with van der Waals surface area (Å²) in [5.74, 6) is 0.599. The van der Waals surface area contributed by atoms with Crippen LogP contribution in [0.2, 0.25) is 0 Å². The van der Waals surface area contributed by atoms with Gasteiger partial charge in [0.05, 0.1) is 17.7 Å². The second-order valence-corrected chi connectivity index (χ2v) is 8.39. The first-order valence-electron chi connectivity index (χ1n) is 8.17. The molecule has 0 unspecified atom stereocenters. The van der Waals surface area contributed by atoms with Gasteiger partial charge in [0.25, 0.3) is 10.0 Å². The number of nitrogens with one attached hydrogen (secondary N) is 1. The van der Waals surface area contributed by atoms with Crippen LogP contribution in [0.5, 0.6) is 5.75 Å². The smallest absolute Gasteiger partial charge is 0.263 e. The number of nitrogens with zero attached hydrogens (tertiary/aromatic N) is 1. The number of anilines is 1. The van der Waals surface area contributed by atoms with Crippen LogP contribution in [0.15, 0.2) is 77.0 Å². The van der Waals surface area contributed by atoms with E-state index in [9.17, 15) is 8.42 Å². The Balaban J connectivity index is 1.64. The fourth-order valence-corrected chi connectivity index (χ4v) is 4.79. The third-order valence-corrected chi connectivity index (χ3v) is 6.40. The molecule has 0 saturated carbocycles. The number of sulfonamides is 1. The van der Waals surface area contributed by atoms with Crippen LogP contribution in [0.4, 0.5) is 5.13 Å². The van der Waals surface area contributed by atoms with Crippen LogP contribution in [-0.2, 0) is 10.0 Å². The van der Waals surface area contributed by atoms with E-state index < -0.39 is 10.0 Å². The second-order valence-electron chi connectivity index (χ2n) is 5.85. The number of rotatable bonds is 5. The number of hydrogen-bond acceptors (Lipinski definition) is 5. The lowest BCUT2D eigenvalue weighted by atomic mass is 10.0. The topological polar surface area (TPSA) is 68.3 Å². The van der Waals surface area contributed by atoms with Gasteiger partial charge in [0.15, 0.2) is 5.13 Å². The predicted octanol–water partition coefficient (Wildman–Crippen LogP) is 4.77.